The second kappa shape index (κ2) is 8.21. The molecule has 1 heterocycles. The van der Waals surface area contributed by atoms with Crippen LogP contribution in [0.5, 0.6) is 0 Å². The first-order valence-corrected chi connectivity index (χ1v) is 7.46. The number of halogens is 3. The van der Waals surface area contributed by atoms with Gasteiger partial charge in [0.1, 0.15) is 0 Å². The van der Waals surface area contributed by atoms with Crippen LogP contribution in [0.2, 0.25) is 0 Å². The number of hydrogen-bond acceptors (Lipinski definition) is 4. The van der Waals surface area contributed by atoms with Crippen LogP contribution in [-0.2, 0) is 18.0 Å². The average Bonchev–Trinajstić information content (AvgIpc) is 3.01. The summed E-state index contributed by atoms with van der Waals surface area (Å²) in [7, 11) is 1.23. The van der Waals surface area contributed by atoms with E-state index >= 15 is 0 Å². The molecule has 0 aliphatic rings. The van der Waals surface area contributed by atoms with Crippen molar-refractivity contribution in [1.29, 1.82) is 0 Å². The lowest BCUT2D eigenvalue weighted by molar-refractivity contribution is -0.141. The Kier molecular flexibility index (Phi) is 6.00. The number of anilines is 1. The first-order valence-electron chi connectivity index (χ1n) is 7.46. The van der Waals surface area contributed by atoms with E-state index in [4.69, 9.17) is 0 Å². The second-order valence-corrected chi connectivity index (χ2v) is 5.24. The quantitative estimate of drug-likeness (QED) is 0.589. The second-order valence-electron chi connectivity index (χ2n) is 5.24. The zero-order valence-electron chi connectivity index (χ0n) is 13.9. The highest BCUT2D eigenvalue weighted by molar-refractivity contribution is 5.97. The Morgan fingerprint density at radius 1 is 1.11 bits per heavy atom. The molecule has 4 N–H and O–H groups in total. The molecule has 0 radical (unpaired) electrons. The predicted molar refractivity (Wildman–Crippen MR) is 87.3 cm³/mol. The van der Waals surface area contributed by atoms with E-state index in [0.29, 0.717) is 5.69 Å². The lowest BCUT2D eigenvalue weighted by Gasteiger charge is -2.10. The van der Waals surface area contributed by atoms with Crippen LogP contribution in [0.4, 0.5) is 23.7 Å². The number of benzene rings is 1. The number of alkyl halides is 3. The molecule has 0 unspecified atom stereocenters. The van der Waals surface area contributed by atoms with Crippen molar-refractivity contribution < 1.29 is 27.6 Å². The van der Waals surface area contributed by atoms with Gasteiger partial charge in [0.05, 0.1) is 12.1 Å². The minimum Gasteiger partial charge on any atom is -0.343 e. The smallest absolute Gasteiger partial charge is 0.343 e. The lowest BCUT2D eigenvalue weighted by Crippen LogP contribution is -2.47. The molecule has 4 amide bonds. The topological polar surface area (TPSA) is 117 Å². The minimum atomic E-state index is -4.81. The van der Waals surface area contributed by atoms with Gasteiger partial charge in [-0.2, -0.15) is 18.3 Å². The minimum absolute atomic E-state index is 0.480. The molecule has 2 rings (SSSR count). The number of rotatable bonds is 4. The Bertz CT molecular complexity index is 835. The van der Waals surface area contributed by atoms with Gasteiger partial charge in [-0.25, -0.2) is 10.2 Å². The van der Waals surface area contributed by atoms with Crippen molar-refractivity contribution in [2.45, 2.75) is 6.18 Å². The summed E-state index contributed by atoms with van der Waals surface area (Å²) in [5.74, 6) is -1.97. The fourth-order valence-corrected chi connectivity index (χ4v) is 1.97. The van der Waals surface area contributed by atoms with E-state index in [-0.39, 0.29) is 0 Å². The largest absolute Gasteiger partial charge is 0.435 e. The lowest BCUT2D eigenvalue weighted by atomic mass is 10.2. The number of hydrazine groups is 1. The molecule has 27 heavy (non-hydrogen) atoms. The van der Waals surface area contributed by atoms with Crippen molar-refractivity contribution in [2.75, 3.05) is 11.9 Å². The molecule has 0 aliphatic heterocycles. The van der Waals surface area contributed by atoms with Crippen LogP contribution in [-0.4, -0.2) is 34.2 Å². The molecular formula is C15H15F3N6O3. The number of carbonyl (C=O) groups excluding carboxylic acids is 3. The van der Waals surface area contributed by atoms with Crippen LogP contribution in [0.1, 0.15) is 16.1 Å². The molecule has 0 saturated carbocycles. The number of amides is 4. The molecule has 2 aromatic rings. The third-order valence-corrected chi connectivity index (χ3v) is 3.10. The van der Waals surface area contributed by atoms with Gasteiger partial charge in [-0.1, -0.05) is 18.2 Å². The number of urea groups is 1. The van der Waals surface area contributed by atoms with Gasteiger partial charge >= 0.3 is 12.2 Å². The van der Waals surface area contributed by atoms with Crippen molar-refractivity contribution in [3.8, 4) is 0 Å². The van der Waals surface area contributed by atoms with Crippen molar-refractivity contribution >= 4 is 23.5 Å². The Balaban J connectivity index is 1.82. The number of nitrogens with zero attached hydrogens (tertiary/aromatic N) is 2. The van der Waals surface area contributed by atoms with Crippen molar-refractivity contribution in [1.82, 2.24) is 25.9 Å². The molecule has 1 aromatic heterocycles. The third kappa shape index (κ3) is 5.73. The average molecular weight is 384 g/mol. The molecule has 9 nitrogen and oxygen atoms in total. The molecule has 0 saturated heterocycles. The Labute approximate surface area is 150 Å². The van der Waals surface area contributed by atoms with Gasteiger partial charge in [-0.15, -0.1) is 0 Å². The van der Waals surface area contributed by atoms with E-state index in [1.165, 1.54) is 7.05 Å². The van der Waals surface area contributed by atoms with Crippen molar-refractivity contribution in [2.24, 2.45) is 7.05 Å². The first-order chi connectivity index (χ1) is 12.7. The van der Waals surface area contributed by atoms with Crippen LogP contribution in [0, 0.1) is 0 Å². The van der Waals surface area contributed by atoms with E-state index in [0.717, 1.165) is 10.9 Å². The summed E-state index contributed by atoms with van der Waals surface area (Å²) in [5.41, 5.74) is 2.44. The van der Waals surface area contributed by atoms with E-state index < -0.39 is 41.8 Å². The molecule has 0 fully saturated rings. The zero-order chi connectivity index (χ0) is 20.0. The Morgan fingerprint density at radius 3 is 2.41 bits per heavy atom. The van der Waals surface area contributed by atoms with Crippen LogP contribution in [0.25, 0.3) is 0 Å². The molecule has 0 spiro atoms. The van der Waals surface area contributed by atoms with Gasteiger partial charge < -0.3 is 10.6 Å². The normalized spacial score (nSPS) is 10.8. The number of para-hydroxylation sites is 1. The van der Waals surface area contributed by atoms with Gasteiger partial charge in [0.2, 0.25) is 0 Å². The summed E-state index contributed by atoms with van der Waals surface area (Å²) in [5, 5.41) is 7.64. The molecular weight excluding hydrogens is 369 g/mol. The number of aromatic nitrogens is 2. The SMILES string of the molecule is Cn1cc(C(=O)NCC(=O)NNC(=O)Nc2ccccc2)c(C(F)(F)F)n1. The fourth-order valence-electron chi connectivity index (χ4n) is 1.97. The highest BCUT2D eigenvalue weighted by Gasteiger charge is 2.38. The van der Waals surface area contributed by atoms with Crippen molar-refractivity contribution in [3.05, 3.63) is 47.8 Å². The standard InChI is InChI=1S/C15H15F3N6O3/c1-24-8-10(12(23-24)15(16,17)18)13(26)19-7-11(25)21-22-14(27)20-9-5-3-2-4-6-9/h2-6,8H,7H2,1H3,(H,19,26)(H,21,25)(H2,20,22,27). The number of hydrogen-bond donors (Lipinski definition) is 4. The maximum absolute atomic E-state index is 12.8. The van der Waals surface area contributed by atoms with E-state index in [1.807, 2.05) is 16.2 Å². The first kappa shape index (κ1) is 19.8. The summed E-state index contributed by atoms with van der Waals surface area (Å²) in [6.07, 6.45) is -3.92. The number of aryl methyl sites for hydroxylation is 1. The zero-order valence-corrected chi connectivity index (χ0v) is 13.9. The molecule has 1 aromatic carbocycles. The van der Waals surface area contributed by atoms with Crippen LogP contribution >= 0.6 is 0 Å². The molecule has 0 bridgehead atoms. The summed E-state index contributed by atoms with van der Waals surface area (Å²) in [6.45, 7) is -0.656. The summed E-state index contributed by atoms with van der Waals surface area (Å²) in [6, 6.07) is 7.63. The summed E-state index contributed by atoms with van der Waals surface area (Å²) < 4.78 is 39.3. The van der Waals surface area contributed by atoms with Crippen molar-refractivity contribution in [3.63, 3.8) is 0 Å². The highest BCUT2D eigenvalue weighted by Crippen LogP contribution is 2.30. The monoisotopic (exact) mass is 384 g/mol. The maximum Gasteiger partial charge on any atom is 0.435 e. The molecule has 144 valence electrons. The number of carbonyl (C=O) groups is 3. The van der Waals surface area contributed by atoms with Gasteiger partial charge in [-0.3, -0.25) is 19.7 Å². The molecule has 12 heteroatoms. The Hall–Kier alpha value is -3.57. The Morgan fingerprint density at radius 2 is 1.78 bits per heavy atom. The fraction of sp³-hybridized carbons (Fsp3) is 0.200. The van der Waals surface area contributed by atoms with Gasteiger partial charge in [0.15, 0.2) is 5.69 Å². The van der Waals surface area contributed by atoms with Crippen LogP contribution in [0.3, 0.4) is 0 Å². The third-order valence-electron chi connectivity index (χ3n) is 3.10. The van der Waals surface area contributed by atoms with E-state index in [9.17, 15) is 27.6 Å². The predicted octanol–water partition coefficient (Wildman–Crippen LogP) is 1.02. The van der Waals surface area contributed by atoms with Gasteiger partial charge in [0, 0.05) is 18.9 Å². The van der Waals surface area contributed by atoms with Gasteiger partial charge in [0.25, 0.3) is 11.8 Å². The van der Waals surface area contributed by atoms with E-state index in [1.54, 1.807) is 30.3 Å². The summed E-state index contributed by atoms with van der Waals surface area (Å²) in [4.78, 5) is 35.1. The maximum atomic E-state index is 12.8. The molecule has 0 aliphatic carbocycles. The van der Waals surface area contributed by atoms with E-state index in [2.05, 4.69) is 10.4 Å². The molecule has 0 atom stereocenters. The highest BCUT2D eigenvalue weighted by atomic mass is 19.4. The number of nitrogens with one attached hydrogen (secondary N) is 4. The van der Waals surface area contributed by atoms with Crippen LogP contribution in [0.15, 0.2) is 36.5 Å². The van der Waals surface area contributed by atoms with Gasteiger partial charge in [-0.05, 0) is 12.1 Å². The summed E-state index contributed by atoms with van der Waals surface area (Å²) >= 11 is 0. The van der Waals surface area contributed by atoms with Crippen LogP contribution < -0.4 is 21.5 Å².